The number of benzene rings is 1. The number of rotatable bonds is 5. The second kappa shape index (κ2) is 7.25. The van der Waals surface area contributed by atoms with Crippen LogP contribution in [0.25, 0.3) is 0 Å². The Morgan fingerprint density at radius 2 is 1.89 bits per heavy atom. The Morgan fingerprint density at radius 3 is 2.58 bits per heavy atom. The molecule has 0 bridgehead atoms. The molecular weight excluding hydrogens is 264 g/mol. The van der Waals surface area contributed by atoms with Gasteiger partial charge in [-0.2, -0.15) is 0 Å². The van der Waals surface area contributed by atoms with Crippen LogP contribution in [0.4, 0.5) is 8.78 Å². The fraction of sp³-hybridized carbons (Fsp3) is 0.600. The van der Waals surface area contributed by atoms with Gasteiger partial charge in [0.25, 0.3) is 0 Å². The lowest BCUT2D eigenvalue weighted by molar-refractivity contribution is 0.312. The molecule has 0 atom stereocenters. The van der Waals surface area contributed by atoms with Crippen LogP contribution in [0.1, 0.15) is 32.6 Å². The van der Waals surface area contributed by atoms with Crippen molar-refractivity contribution in [2.75, 3.05) is 12.3 Å². The first-order valence-electron chi connectivity index (χ1n) is 6.96. The van der Waals surface area contributed by atoms with Crippen LogP contribution in [-0.2, 0) is 0 Å². The van der Waals surface area contributed by atoms with Crippen LogP contribution < -0.4 is 5.32 Å². The average Bonchev–Trinajstić information content (AvgIpc) is 2.41. The van der Waals surface area contributed by atoms with Gasteiger partial charge in [0.05, 0.1) is 0 Å². The summed E-state index contributed by atoms with van der Waals surface area (Å²) in [6, 6.07) is 4.73. The van der Waals surface area contributed by atoms with Crippen molar-refractivity contribution in [3.63, 3.8) is 0 Å². The molecule has 19 heavy (non-hydrogen) atoms. The number of nitrogens with one attached hydrogen (secondary N) is 1. The highest BCUT2D eigenvalue weighted by molar-refractivity contribution is 7.99. The molecule has 1 N–H and O–H groups in total. The predicted octanol–water partition coefficient (Wildman–Crippen LogP) is 4.23. The van der Waals surface area contributed by atoms with E-state index in [-0.39, 0.29) is 0 Å². The second-order valence-electron chi connectivity index (χ2n) is 5.34. The van der Waals surface area contributed by atoms with Gasteiger partial charge in [0.15, 0.2) is 11.6 Å². The molecule has 1 aliphatic rings. The smallest absolute Gasteiger partial charge is 0.159 e. The highest BCUT2D eigenvalue weighted by Crippen LogP contribution is 2.24. The van der Waals surface area contributed by atoms with Gasteiger partial charge in [0, 0.05) is 23.2 Å². The normalized spacial score (nSPS) is 23.5. The minimum atomic E-state index is -0.779. The molecule has 1 aromatic carbocycles. The van der Waals surface area contributed by atoms with E-state index in [2.05, 4.69) is 12.2 Å². The minimum absolute atomic E-state index is 0.641. The Balaban J connectivity index is 1.65. The molecule has 0 spiro atoms. The van der Waals surface area contributed by atoms with Crippen molar-refractivity contribution in [2.24, 2.45) is 5.92 Å². The molecule has 2 rings (SSSR count). The monoisotopic (exact) mass is 285 g/mol. The first kappa shape index (κ1) is 14.8. The summed E-state index contributed by atoms with van der Waals surface area (Å²) in [5, 5.41) is 3.55. The lowest BCUT2D eigenvalue weighted by Crippen LogP contribution is -2.34. The molecule has 0 radical (unpaired) electrons. The van der Waals surface area contributed by atoms with Gasteiger partial charge in [-0.25, -0.2) is 8.78 Å². The molecule has 0 heterocycles. The quantitative estimate of drug-likeness (QED) is 0.642. The molecule has 1 nitrogen and oxygen atoms in total. The molecule has 0 saturated heterocycles. The fourth-order valence-electron chi connectivity index (χ4n) is 2.46. The van der Waals surface area contributed by atoms with Crippen LogP contribution in [0.5, 0.6) is 0 Å². The third-order valence-electron chi connectivity index (χ3n) is 3.71. The SMILES string of the molecule is CC1CCC(NCCSc2ccc(F)c(F)c2)CC1. The molecule has 0 unspecified atom stereocenters. The summed E-state index contributed by atoms with van der Waals surface area (Å²) < 4.78 is 25.8. The zero-order valence-corrected chi connectivity index (χ0v) is 12.1. The van der Waals surface area contributed by atoms with Gasteiger partial charge in [-0.3, -0.25) is 0 Å². The van der Waals surface area contributed by atoms with E-state index in [1.165, 1.54) is 37.8 Å². The maximum Gasteiger partial charge on any atom is 0.159 e. The molecule has 0 amide bonds. The van der Waals surface area contributed by atoms with Gasteiger partial charge >= 0.3 is 0 Å². The third-order valence-corrected chi connectivity index (χ3v) is 4.71. The van der Waals surface area contributed by atoms with Gasteiger partial charge in [0.2, 0.25) is 0 Å². The van der Waals surface area contributed by atoms with Crippen LogP contribution in [0.15, 0.2) is 23.1 Å². The van der Waals surface area contributed by atoms with Gasteiger partial charge < -0.3 is 5.32 Å². The van der Waals surface area contributed by atoms with Crippen molar-refractivity contribution in [2.45, 2.75) is 43.5 Å². The Morgan fingerprint density at radius 1 is 1.16 bits per heavy atom. The van der Waals surface area contributed by atoms with Crippen molar-refractivity contribution in [3.05, 3.63) is 29.8 Å². The van der Waals surface area contributed by atoms with E-state index < -0.39 is 11.6 Å². The molecule has 1 aliphatic carbocycles. The average molecular weight is 285 g/mol. The fourth-order valence-corrected chi connectivity index (χ4v) is 3.27. The summed E-state index contributed by atoms with van der Waals surface area (Å²) in [6.07, 6.45) is 5.15. The Labute approximate surface area is 118 Å². The molecule has 0 aromatic heterocycles. The summed E-state index contributed by atoms with van der Waals surface area (Å²) in [6.45, 7) is 3.23. The van der Waals surface area contributed by atoms with E-state index in [9.17, 15) is 8.78 Å². The topological polar surface area (TPSA) is 12.0 Å². The molecule has 1 fully saturated rings. The number of thioether (sulfide) groups is 1. The van der Waals surface area contributed by atoms with Gasteiger partial charge in [0.1, 0.15) is 0 Å². The number of hydrogen-bond donors (Lipinski definition) is 1. The van der Waals surface area contributed by atoms with Crippen LogP contribution in [0.3, 0.4) is 0 Å². The van der Waals surface area contributed by atoms with Crippen LogP contribution in [0.2, 0.25) is 0 Å². The van der Waals surface area contributed by atoms with Crippen LogP contribution in [0, 0.1) is 17.6 Å². The Hall–Kier alpha value is -0.610. The van der Waals surface area contributed by atoms with E-state index in [0.29, 0.717) is 6.04 Å². The maximum absolute atomic E-state index is 13.0. The second-order valence-corrected chi connectivity index (χ2v) is 6.50. The van der Waals surface area contributed by atoms with E-state index >= 15 is 0 Å². The largest absolute Gasteiger partial charge is 0.313 e. The lowest BCUT2D eigenvalue weighted by Gasteiger charge is -2.26. The maximum atomic E-state index is 13.0. The van der Waals surface area contributed by atoms with E-state index in [0.717, 1.165) is 23.1 Å². The molecular formula is C15H21F2NS. The van der Waals surface area contributed by atoms with Crippen LogP contribution >= 0.6 is 11.8 Å². The van der Waals surface area contributed by atoms with E-state index in [1.54, 1.807) is 17.8 Å². The van der Waals surface area contributed by atoms with Gasteiger partial charge in [-0.1, -0.05) is 6.92 Å². The zero-order chi connectivity index (χ0) is 13.7. The molecule has 1 aromatic rings. The first-order valence-corrected chi connectivity index (χ1v) is 7.95. The van der Waals surface area contributed by atoms with Crippen molar-refractivity contribution in [1.82, 2.24) is 5.32 Å². The minimum Gasteiger partial charge on any atom is -0.313 e. The highest BCUT2D eigenvalue weighted by atomic mass is 32.2. The molecule has 106 valence electrons. The van der Waals surface area contributed by atoms with Crippen molar-refractivity contribution < 1.29 is 8.78 Å². The Bertz CT molecular complexity index is 403. The summed E-state index contributed by atoms with van der Waals surface area (Å²) in [4.78, 5) is 0.790. The first-order chi connectivity index (χ1) is 9.15. The highest BCUT2D eigenvalue weighted by Gasteiger charge is 2.17. The molecule has 0 aliphatic heterocycles. The van der Waals surface area contributed by atoms with Crippen molar-refractivity contribution in [1.29, 1.82) is 0 Å². The summed E-state index contributed by atoms with van der Waals surface area (Å²) in [5.41, 5.74) is 0. The zero-order valence-electron chi connectivity index (χ0n) is 11.3. The van der Waals surface area contributed by atoms with Crippen molar-refractivity contribution >= 4 is 11.8 Å². The third kappa shape index (κ3) is 4.77. The number of hydrogen-bond acceptors (Lipinski definition) is 2. The summed E-state index contributed by atoms with van der Waals surface area (Å²) >= 11 is 1.56. The summed E-state index contributed by atoms with van der Waals surface area (Å²) in [7, 11) is 0. The van der Waals surface area contributed by atoms with Crippen molar-refractivity contribution in [3.8, 4) is 0 Å². The van der Waals surface area contributed by atoms with Crippen LogP contribution in [-0.4, -0.2) is 18.3 Å². The lowest BCUT2D eigenvalue weighted by atomic mass is 9.87. The predicted molar refractivity (Wildman–Crippen MR) is 76.5 cm³/mol. The molecule has 1 saturated carbocycles. The van der Waals surface area contributed by atoms with E-state index in [1.807, 2.05) is 0 Å². The van der Waals surface area contributed by atoms with Gasteiger partial charge in [-0.05, 0) is 49.8 Å². The molecule has 4 heteroatoms. The number of halogens is 2. The summed E-state index contributed by atoms with van der Waals surface area (Å²) in [5.74, 6) is 0.213. The standard InChI is InChI=1S/C15H21F2NS/c1-11-2-4-12(5-3-11)18-8-9-19-13-6-7-14(16)15(17)10-13/h6-7,10-12,18H,2-5,8-9H2,1H3. The Kier molecular flexibility index (Phi) is 5.64. The van der Waals surface area contributed by atoms with E-state index in [4.69, 9.17) is 0 Å². The van der Waals surface area contributed by atoms with Gasteiger partial charge in [-0.15, -0.1) is 11.8 Å².